The highest BCUT2D eigenvalue weighted by Crippen LogP contribution is 2.16. The summed E-state index contributed by atoms with van der Waals surface area (Å²) >= 11 is 6.09. The van der Waals surface area contributed by atoms with Gasteiger partial charge in [0.2, 0.25) is 10.0 Å². The molecule has 0 amide bonds. The number of halogens is 1. The molecule has 0 fully saturated rings. The second-order valence-electron chi connectivity index (χ2n) is 4.83. The number of aryl methyl sites for hydroxylation is 1. The zero-order valence-electron chi connectivity index (χ0n) is 11.6. The number of hydrogen-bond acceptors (Lipinski definition) is 3. The lowest BCUT2D eigenvalue weighted by atomic mass is 10.2. The van der Waals surface area contributed by atoms with Crippen LogP contribution in [0.4, 0.5) is 5.69 Å². The summed E-state index contributed by atoms with van der Waals surface area (Å²) in [6, 6.07) is 8.71. The first-order chi connectivity index (χ1) is 9.76. The lowest BCUT2D eigenvalue weighted by molar-refractivity contribution is 0.606. The van der Waals surface area contributed by atoms with E-state index in [9.17, 15) is 13.2 Å². The third-order valence-electron chi connectivity index (χ3n) is 2.82. The van der Waals surface area contributed by atoms with Gasteiger partial charge < -0.3 is 4.57 Å². The van der Waals surface area contributed by atoms with Crippen LogP contribution in [-0.2, 0) is 16.6 Å². The van der Waals surface area contributed by atoms with Gasteiger partial charge in [0.25, 0.3) is 5.56 Å². The largest absolute Gasteiger partial charge is 0.309 e. The average Bonchev–Trinajstić information content (AvgIpc) is 2.36. The molecule has 0 spiro atoms. The molecule has 5 nitrogen and oxygen atoms in total. The van der Waals surface area contributed by atoms with E-state index in [-0.39, 0.29) is 12.2 Å². The van der Waals surface area contributed by atoms with E-state index < -0.39 is 15.6 Å². The molecule has 0 saturated carbocycles. The van der Waals surface area contributed by atoms with Gasteiger partial charge in [-0.15, -0.1) is 0 Å². The quantitative estimate of drug-likeness (QED) is 0.936. The molecule has 0 radical (unpaired) electrons. The van der Waals surface area contributed by atoms with Gasteiger partial charge >= 0.3 is 0 Å². The molecule has 2 aromatic rings. The average molecular weight is 327 g/mol. The van der Waals surface area contributed by atoms with Crippen LogP contribution in [0.3, 0.4) is 0 Å². The van der Waals surface area contributed by atoms with Crippen LogP contribution < -0.4 is 10.3 Å². The Hall–Kier alpha value is -1.79. The SMILES string of the molecule is Cc1cc(NS(C)(=O)=O)c(=O)n(Cc2ccccc2Cl)c1. The van der Waals surface area contributed by atoms with Crippen LogP contribution in [0.1, 0.15) is 11.1 Å². The van der Waals surface area contributed by atoms with Crippen LogP contribution in [0.2, 0.25) is 5.02 Å². The number of pyridine rings is 1. The number of aromatic nitrogens is 1. The summed E-state index contributed by atoms with van der Waals surface area (Å²) < 4.78 is 26.3. The second kappa shape index (κ2) is 5.91. The zero-order chi connectivity index (χ0) is 15.6. The topological polar surface area (TPSA) is 68.2 Å². The van der Waals surface area contributed by atoms with Crippen LogP contribution >= 0.6 is 11.6 Å². The van der Waals surface area contributed by atoms with E-state index in [0.717, 1.165) is 17.4 Å². The van der Waals surface area contributed by atoms with Crippen LogP contribution in [0.15, 0.2) is 41.3 Å². The van der Waals surface area contributed by atoms with Gasteiger partial charge in [0.1, 0.15) is 5.69 Å². The molecule has 1 N–H and O–H groups in total. The van der Waals surface area contributed by atoms with Crippen LogP contribution in [0.5, 0.6) is 0 Å². The van der Waals surface area contributed by atoms with Crippen molar-refractivity contribution < 1.29 is 8.42 Å². The fourth-order valence-electron chi connectivity index (χ4n) is 1.99. The molecular weight excluding hydrogens is 312 g/mol. The number of anilines is 1. The third-order valence-corrected chi connectivity index (χ3v) is 3.78. The molecule has 1 aromatic carbocycles. The first kappa shape index (κ1) is 15.6. The summed E-state index contributed by atoms with van der Waals surface area (Å²) in [4.78, 5) is 12.3. The number of benzene rings is 1. The van der Waals surface area contributed by atoms with Crippen molar-refractivity contribution in [2.45, 2.75) is 13.5 Å². The second-order valence-corrected chi connectivity index (χ2v) is 6.99. The molecule has 112 valence electrons. The number of hydrogen-bond donors (Lipinski definition) is 1. The monoisotopic (exact) mass is 326 g/mol. The molecule has 0 aliphatic rings. The zero-order valence-corrected chi connectivity index (χ0v) is 13.2. The van der Waals surface area contributed by atoms with Crippen LogP contribution in [0.25, 0.3) is 0 Å². The summed E-state index contributed by atoms with van der Waals surface area (Å²) in [5.74, 6) is 0. The molecule has 1 heterocycles. The molecule has 0 atom stereocenters. The van der Waals surface area contributed by atoms with Gasteiger partial charge in [-0.3, -0.25) is 9.52 Å². The number of sulfonamides is 1. The highest BCUT2D eigenvalue weighted by atomic mass is 35.5. The molecule has 1 aromatic heterocycles. The van der Waals surface area contributed by atoms with E-state index in [2.05, 4.69) is 4.72 Å². The summed E-state index contributed by atoms with van der Waals surface area (Å²) in [5, 5.41) is 0.559. The van der Waals surface area contributed by atoms with Gasteiger partial charge in [0.05, 0.1) is 12.8 Å². The first-order valence-corrected chi connectivity index (χ1v) is 8.45. The maximum absolute atomic E-state index is 12.3. The Balaban J connectivity index is 2.46. The highest BCUT2D eigenvalue weighted by molar-refractivity contribution is 7.92. The molecule has 0 unspecified atom stereocenters. The van der Waals surface area contributed by atoms with Crippen molar-refractivity contribution in [1.29, 1.82) is 0 Å². The van der Waals surface area contributed by atoms with Gasteiger partial charge in [-0.05, 0) is 30.2 Å². The van der Waals surface area contributed by atoms with Crippen molar-refractivity contribution in [3.05, 3.63) is 63.0 Å². The van der Waals surface area contributed by atoms with E-state index in [1.807, 2.05) is 18.2 Å². The summed E-state index contributed by atoms with van der Waals surface area (Å²) in [7, 11) is -3.50. The summed E-state index contributed by atoms with van der Waals surface area (Å²) in [5.41, 5.74) is 1.18. The standard InChI is InChI=1S/C14H15ClN2O3S/c1-10-7-13(16-21(2,19)20)14(18)17(8-10)9-11-5-3-4-6-12(11)15/h3-8,16H,9H2,1-2H3. The van der Waals surface area contributed by atoms with Gasteiger partial charge in [-0.25, -0.2) is 8.42 Å². The van der Waals surface area contributed by atoms with Crippen molar-refractivity contribution in [2.24, 2.45) is 0 Å². The molecule has 0 saturated heterocycles. The molecule has 0 aliphatic carbocycles. The van der Waals surface area contributed by atoms with E-state index in [1.54, 1.807) is 19.2 Å². The Kier molecular flexibility index (Phi) is 4.39. The Labute approximate surface area is 128 Å². The lowest BCUT2D eigenvalue weighted by Gasteiger charge is -2.11. The maximum atomic E-state index is 12.3. The maximum Gasteiger partial charge on any atom is 0.275 e. The predicted octanol–water partition coefficient (Wildman–Crippen LogP) is 2.23. The lowest BCUT2D eigenvalue weighted by Crippen LogP contribution is -2.26. The van der Waals surface area contributed by atoms with E-state index in [4.69, 9.17) is 11.6 Å². The smallest absolute Gasteiger partial charge is 0.275 e. The first-order valence-electron chi connectivity index (χ1n) is 6.18. The minimum Gasteiger partial charge on any atom is -0.309 e. The van der Waals surface area contributed by atoms with Crippen molar-refractivity contribution in [3.8, 4) is 0 Å². The fourth-order valence-corrected chi connectivity index (χ4v) is 2.73. The molecule has 0 aliphatic heterocycles. The van der Waals surface area contributed by atoms with Gasteiger partial charge in [0, 0.05) is 11.2 Å². The number of nitrogens with one attached hydrogen (secondary N) is 1. The van der Waals surface area contributed by atoms with Crippen LogP contribution in [-0.4, -0.2) is 19.2 Å². The highest BCUT2D eigenvalue weighted by Gasteiger charge is 2.10. The van der Waals surface area contributed by atoms with Crippen molar-refractivity contribution >= 4 is 27.3 Å². The van der Waals surface area contributed by atoms with E-state index >= 15 is 0 Å². The van der Waals surface area contributed by atoms with Crippen molar-refractivity contribution in [1.82, 2.24) is 4.57 Å². The number of nitrogens with zero attached hydrogens (tertiary/aromatic N) is 1. The van der Waals surface area contributed by atoms with E-state index in [0.29, 0.717) is 5.02 Å². The van der Waals surface area contributed by atoms with Gasteiger partial charge in [-0.2, -0.15) is 0 Å². The Morgan fingerprint density at radius 2 is 1.95 bits per heavy atom. The fraction of sp³-hybridized carbons (Fsp3) is 0.214. The normalized spacial score (nSPS) is 11.4. The Morgan fingerprint density at radius 1 is 1.29 bits per heavy atom. The van der Waals surface area contributed by atoms with E-state index in [1.165, 1.54) is 10.6 Å². The molecule has 0 bridgehead atoms. The predicted molar refractivity (Wildman–Crippen MR) is 84.5 cm³/mol. The van der Waals surface area contributed by atoms with Gasteiger partial charge in [-0.1, -0.05) is 29.8 Å². The molecule has 2 rings (SSSR count). The summed E-state index contributed by atoms with van der Waals surface area (Å²) in [6.45, 7) is 2.06. The Morgan fingerprint density at radius 3 is 2.57 bits per heavy atom. The van der Waals surface area contributed by atoms with Crippen molar-refractivity contribution in [3.63, 3.8) is 0 Å². The number of rotatable bonds is 4. The van der Waals surface area contributed by atoms with Gasteiger partial charge in [0.15, 0.2) is 0 Å². The minimum absolute atomic E-state index is 0.0320. The Bertz CT molecular complexity index is 828. The third kappa shape index (κ3) is 4.09. The van der Waals surface area contributed by atoms with Crippen LogP contribution in [0, 0.1) is 6.92 Å². The van der Waals surface area contributed by atoms with Crippen molar-refractivity contribution in [2.75, 3.05) is 11.0 Å². The minimum atomic E-state index is -3.50. The molecule has 7 heteroatoms. The molecular formula is C14H15ClN2O3S. The molecule has 21 heavy (non-hydrogen) atoms. The summed E-state index contributed by atoms with van der Waals surface area (Å²) in [6.07, 6.45) is 2.67.